The van der Waals surface area contributed by atoms with Crippen molar-refractivity contribution in [3.05, 3.63) is 0 Å². The Labute approximate surface area is 88.1 Å². The molecule has 1 N–H and O–H groups in total. The van der Waals surface area contributed by atoms with Gasteiger partial charge in [-0.15, -0.1) is 5.92 Å². The lowest BCUT2D eigenvalue weighted by Gasteiger charge is -2.42. The largest absolute Gasteiger partial charge is 0.309 e. The average Bonchev–Trinajstić information content (AvgIpc) is 2.26. The Morgan fingerprint density at radius 3 is 2.64 bits per heavy atom. The van der Waals surface area contributed by atoms with Crippen molar-refractivity contribution in [3.63, 3.8) is 0 Å². The summed E-state index contributed by atoms with van der Waals surface area (Å²) in [6, 6.07) is 0. The number of hydrogen-bond donors (Lipinski definition) is 1. The van der Waals surface area contributed by atoms with Crippen LogP contribution in [0.25, 0.3) is 0 Å². The lowest BCUT2D eigenvalue weighted by molar-refractivity contribution is 0.136. The molecular formula is C12H22N2. The average molecular weight is 194 g/mol. The molecule has 2 nitrogen and oxygen atoms in total. The molecule has 0 atom stereocenters. The van der Waals surface area contributed by atoms with Crippen LogP contribution in [0, 0.1) is 11.8 Å². The molecular weight excluding hydrogens is 172 g/mol. The topological polar surface area (TPSA) is 15.3 Å². The van der Waals surface area contributed by atoms with E-state index in [0.717, 1.165) is 26.2 Å². The summed E-state index contributed by atoms with van der Waals surface area (Å²) in [5, 5.41) is 3.65. The van der Waals surface area contributed by atoms with Gasteiger partial charge in [-0.25, -0.2) is 0 Å². The maximum Gasteiger partial charge on any atom is 0.0602 e. The molecule has 1 aliphatic heterocycles. The van der Waals surface area contributed by atoms with E-state index in [4.69, 9.17) is 0 Å². The van der Waals surface area contributed by atoms with E-state index < -0.39 is 0 Å². The smallest absolute Gasteiger partial charge is 0.0602 e. The number of hydrogen-bond acceptors (Lipinski definition) is 2. The summed E-state index contributed by atoms with van der Waals surface area (Å²) in [5.41, 5.74) is 0.341. The first kappa shape index (κ1) is 11.6. The van der Waals surface area contributed by atoms with Crippen LogP contribution in [0.5, 0.6) is 0 Å². The van der Waals surface area contributed by atoms with Crippen LogP contribution < -0.4 is 5.32 Å². The van der Waals surface area contributed by atoms with Crippen molar-refractivity contribution in [2.75, 3.05) is 26.2 Å². The Morgan fingerprint density at radius 1 is 1.36 bits per heavy atom. The maximum atomic E-state index is 3.65. The van der Waals surface area contributed by atoms with Crippen LogP contribution in [0.1, 0.15) is 33.6 Å². The van der Waals surface area contributed by atoms with Crippen molar-refractivity contribution in [1.82, 2.24) is 10.2 Å². The van der Waals surface area contributed by atoms with Gasteiger partial charge in [0, 0.05) is 25.2 Å². The molecule has 1 saturated heterocycles. The molecule has 0 aromatic carbocycles. The summed E-state index contributed by atoms with van der Waals surface area (Å²) in [6.45, 7) is 10.8. The third-order valence-corrected chi connectivity index (χ3v) is 3.29. The number of piperazine rings is 1. The highest BCUT2D eigenvalue weighted by atomic mass is 15.2. The van der Waals surface area contributed by atoms with E-state index >= 15 is 0 Å². The predicted molar refractivity (Wildman–Crippen MR) is 61.2 cm³/mol. The van der Waals surface area contributed by atoms with Crippen LogP contribution in [0.2, 0.25) is 0 Å². The summed E-state index contributed by atoms with van der Waals surface area (Å²) < 4.78 is 0. The summed E-state index contributed by atoms with van der Waals surface area (Å²) >= 11 is 0. The third kappa shape index (κ3) is 2.73. The molecule has 0 amide bonds. The van der Waals surface area contributed by atoms with Crippen LogP contribution in [0.4, 0.5) is 0 Å². The molecule has 1 aliphatic rings. The van der Waals surface area contributed by atoms with Crippen molar-refractivity contribution in [2.24, 2.45) is 0 Å². The molecule has 0 saturated carbocycles. The van der Waals surface area contributed by atoms with Gasteiger partial charge in [0.25, 0.3) is 0 Å². The molecule has 0 spiro atoms. The fourth-order valence-electron chi connectivity index (χ4n) is 2.09. The molecule has 0 radical (unpaired) electrons. The summed E-state index contributed by atoms with van der Waals surface area (Å²) in [4.78, 5) is 2.46. The first-order chi connectivity index (χ1) is 6.76. The third-order valence-electron chi connectivity index (χ3n) is 3.29. The molecule has 1 rings (SSSR count). The molecule has 2 heteroatoms. The van der Waals surface area contributed by atoms with E-state index in [1.807, 2.05) is 6.92 Å². The highest BCUT2D eigenvalue weighted by molar-refractivity contribution is 5.01. The molecule has 80 valence electrons. The van der Waals surface area contributed by atoms with Gasteiger partial charge in [0.1, 0.15) is 0 Å². The minimum absolute atomic E-state index is 0.341. The Bertz CT molecular complexity index is 220. The second kappa shape index (κ2) is 5.38. The number of rotatable bonds is 3. The fourth-order valence-corrected chi connectivity index (χ4v) is 2.09. The van der Waals surface area contributed by atoms with Crippen LogP contribution in [0.3, 0.4) is 0 Å². The van der Waals surface area contributed by atoms with Crippen molar-refractivity contribution in [2.45, 2.75) is 39.2 Å². The van der Waals surface area contributed by atoms with Crippen LogP contribution in [-0.4, -0.2) is 36.6 Å². The van der Waals surface area contributed by atoms with E-state index in [0.29, 0.717) is 5.54 Å². The molecule has 0 aromatic rings. The molecule has 1 heterocycles. The quantitative estimate of drug-likeness (QED) is 0.685. The van der Waals surface area contributed by atoms with Gasteiger partial charge in [0.2, 0.25) is 0 Å². The summed E-state index contributed by atoms with van der Waals surface area (Å²) in [7, 11) is 0. The molecule has 14 heavy (non-hydrogen) atoms. The highest BCUT2D eigenvalue weighted by Gasteiger charge is 2.30. The van der Waals surface area contributed by atoms with E-state index in [2.05, 4.69) is 35.9 Å². The maximum absolute atomic E-state index is 3.65. The lowest BCUT2D eigenvalue weighted by Crippen LogP contribution is -2.59. The zero-order chi connectivity index (χ0) is 10.4. The van der Waals surface area contributed by atoms with Crippen LogP contribution >= 0.6 is 0 Å². The zero-order valence-electron chi connectivity index (χ0n) is 9.69. The molecule has 0 bridgehead atoms. The van der Waals surface area contributed by atoms with Gasteiger partial charge in [-0.05, 0) is 19.8 Å². The minimum atomic E-state index is 0.341. The fraction of sp³-hybridized carbons (Fsp3) is 0.833. The van der Waals surface area contributed by atoms with Crippen molar-refractivity contribution < 1.29 is 0 Å². The minimum Gasteiger partial charge on any atom is -0.309 e. The van der Waals surface area contributed by atoms with Gasteiger partial charge in [-0.2, -0.15) is 0 Å². The summed E-state index contributed by atoms with van der Waals surface area (Å²) in [5.74, 6) is 6.12. The number of nitrogens with zero attached hydrogens (tertiary/aromatic N) is 1. The van der Waals surface area contributed by atoms with E-state index in [9.17, 15) is 0 Å². The van der Waals surface area contributed by atoms with Crippen molar-refractivity contribution >= 4 is 0 Å². The summed E-state index contributed by atoms with van der Waals surface area (Å²) in [6.07, 6.45) is 2.42. The van der Waals surface area contributed by atoms with Gasteiger partial charge < -0.3 is 5.32 Å². The second-order valence-electron chi connectivity index (χ2n) is 4.05. The van der Waals surface area contributed by atoms with Gasteiger partial charge in [0.15, 0.2) is 0 Å². The van der Waals surface area contributed by atoms with E-state index in [1.165, 1.54) is 12.8 Å². The molecule has 0 aromatic heterocycles. The van der Waals surface area contributed by atoms with Gasteiger partial charge in [-0.3, -0.25) is 4.90 Å². The molecule has 0 unspecified atom stereocenters. The van der Waals surface area contributed by atoms with Crippen LogP contribution in [-0.2, 0) is 0 Å². The van der Waals surface area contributed by atoms with Gasteiger partial charge in [0.05, 0.1) is 6.54 Å². The standard InChI is InChI=1S/C12H22N2/c1-4-7-9-14-10-8-13-12(5-2,6-3)11-14/h13H,5-6,8-11H2,1-3H3. The Hall–Kier alpha value is -0.520. The highest BCUT2D eigenvalue weighted by Crippen LogP contribution is 2.19. The van der Waals surface area contributed by atoms with E-state index in [1.54, 1.807) is 0 Å². The van der Waals surface area contributed by atoms with Crippen LogP contribution in [0.15, 0.2) is 0 Å². The molecule has 1 fully saturated rings. The number of nitrogens with one attached hydrogen (secondary N) is 1. The van der Waals surface area contributed by atoms with Crippen molar-refractivity contribution in [1.29, 1.82) is 0 Å². The Kier molecular flexibility index (Phi) is 4.44. The Morgan fingerprint density at radius 2 is 2.07 bits per heavy atom. The monoisotopic (exact) mass is 194 g/mol. The first-order valence-corrected chi connectivity index (χ1v) is 5.63. The molecule has 0 aliphatic carbocycles. The second-order valence-corrected chi connectivity index (χ2v) is 4.05. The van der Waals surface area contributed by atoms with Gasteiger partial charge >= 0.3 is 0 Å². The zero-order valence-corrected chi connectivity index (χ0v) is 9.69. The SMILES string of the molecule is CC#CCN1CCNC(CC)(CC)C1. The van der Waals surface area contributed by atoms with Gasteiger partial charge in [-0.1, -0.05) is 19.8 Å². The lowest BCUT2D eigenvalue weighted by atomic mass is 9.90. The Balaban J connectivity index is 2.52. The van der Waals surface area contributed by atoms with Crippen molar-refractivity contribution in [3.8, 4) is 11.8 Å². The normalized spacial score (nSPS) is 21.4. The van der Waals surface area contributed by atoms with E-state index in [-0.39, 0.29) is 0 Å². The predicted octanol–water partition coefficient (Wildman–Crippen LogP) is 1.47. The first-order valence-electron chi connectivity index (χ1n) is 5.63.